The fourth-order valence-corrected chi connectivity index (χ4v) is 0.944. The Hall–Kier alpha value is -0.950. The predicted molar refractivity (Wildman–Crippen MR) is 34.6 cm³/mol. The molecule has 0 spiro atoms. The molecule has 7 heteroatoms. The highest BCUT2D eigenvalue weighted by molar-refractivity contribution is 7.78. The summed E-state index contributed by atoms with van der Waals surface area (Å²) in [4.78, 5) is 6.13. The summed E-state index contributed by atoms with van der Waals surface area (Å²) in [5.74, 6) is -3.14. The van der Waals surface area contributed by atoms with Gasteiger partial charge in [-0.1, -0.05) is 0 Å². The van der Waals surface area contributed by atoms with Crippen molar-refractivity contribution in [3.63, 3.8) is 0 Å². The summed E-state index contributed by atoms with van der Waals surface area (Å²) in [5, 5.41) is 0. The van der Waals surface area contributed by atoms with Gasteiger partial charge < -0.3 is 4.55 Å². The Labute approximate surface area is 68.9 Å². The number of nitrogens with zero attached hydrogens (tertiary/aromatic N) is 2. The molecule has 0 bridgehead atoms. The van der Waals surface area contributed by atoms with E-state index in [2.05, 4.69) is 9.97 Å². The fraction of sp³-hybridized carbons (Fsp3) is 0.200. The number of hydrogen-bond acceptors (Lipinski definition) is 4. The van der Waals surface area contributed by atoms with Crippen LogP contribution in [0.5, 0.6) is 0 Å². The van der Waals surface area contributed by atoms with Gasteiger partial charge in [-0.2, -0.15) is 8.78 Å². The van der Waals surface area contributed by atoms with Crippen LogP contribution in [0.15, 0.2) is 6.07 Å². The molecule has 12 heavy (non-hydrogen) atoms. The highest BCUT2D eigenvalue weighted by atomic mass is 32.2. The molecule has 0 saturated heterocycles. The molecule has 0 N–H and O–H groups in total. The third-order valence-corrected chi connectivity index (χ3v) is 1.45. The third-order valence-electron chi connectivity index (χ3n) is 0.957. The normalized spacial score (nSPS) is 12.9. The van der Waals surface area contributed by atoms with Gasteiger partial charge >= 0.3 is 0 Å². The molecule has 1 aromatic rings. The molecule has 4 nitrogen and oxygen atoms in total. The lowest BCUT2D eigenvalue weighted by atomic mass is 10.6. The molecular formula is C5H3F2N2O2S-. The molecular weight excluding hydrogens is 190 g/mol. The molecule has 0 radical (unpaired) electrons. The van der Waals surface area contributed by atoms with Crippen LogP contribution in [0.25, 0.3) is 0 Å². The minimum absolute atomic E-state index is 0.388. The number of rotatable bonds is 2. The highest BCUT2D eigenvalue weighted by Crippen LogP contribution is 1.99. The van der Waals surface area contributed by atoms with E-state index in [4.69, 9.17) is 0 Å². The van der Waals surface area contributed by atoms with E-state index in [1.165, 1.54) is 0 Å². The fourth-order valence-electron chi connectivity index (χ4n) is 0.604. The quantitative estimate of drug-likeness (QED) is 0.494. The van der Waals surface area contributed by atoms with Crippen LogP contribution in [-0.4, -0.2) is 18.7 Å². The first kappa shape index (κ1) is 9.14. The van der Waals surface area contributed by atoms with E-state index < -0.39 is 28.7 Å². The number of hydrogen-bond donors (Lipinski definition) is 0. The molecule has 0 aliphatic heterocycles. The Bertz CT molecular complexity index is 300. The summed E-state index contributed by atoms with van der Waals surface area (Å²) in [6.07, 6.45) is 0. The third kappa shape index (κ3) is 2.59. The Balaban J connectivity index is 2.93. The van der Waals surface area contributed by atoms with Gasteiger partial charge in [-0.25, -0.2) is 9.97 Å². The second-order valence-corrected chi connectivity index (χ2v) is 2.77. The van der Waals surface area contributed by atoms with E-state index in [-0.39, 0.29) is 5.82 Å². The van der Waals surface area contributed by atoms with Gasteiger partial charge in [-0.05, 0) is 11.1 Å². The largest absolute Gasteiger partial charge is 0.772 e. The lowest BCUT2D eigenvalue weighted by Crippen LogP contribution is -2.03. The Kier molecular flexibility index (Phi) is 2.77. The zero-order chi connectivity index (χ0) is 9.14. The SMILES string of the molecule is O=S([O-])Cc1nc(F)cc(F)n1. The summed E-state index contributed by atoms with van der Waals surface area (Å²) < 4.78 is 44.7. The van der Waals surface area contributed by atoms with Gasteiger partial charge in [0.05, 0.1) is 5.75 Å². The van der Waals surface area contributed by atoms with Crippen molar-refractivity contribution >= 4 is 11.1 Å². The standard InChI is InChI=1S/C5H4F2N2O2S/c6-3-1-4(7)9-5(8-3)2-12(10)11/h1H,2H2,(H,10,11)/p-1. The minimum Gasteiger partial charge on any atom is -0.772 e. The molecule has 0 aliphatic carbocycles. The Morgan fingerprint density at radius 2 is 1.92 bits per heavy atom. The lowest BCUT2D eigenvalue weighted by molar-refractivity contribution is 0.510. The van der Waals surface area contributed by atoms with Crippen molar-refractivity contribution in [2.24, 2.45) is 0 Å². The molecule has 1 atom stereocenters. The topological polar surface area (TPSA) is 65.9 Å². The van der Waals surface area contributed by atoms with E-state index in [1.54, 1.807) is 0 Å². The van der Waals surface area contributed by atoms with Crippen LogP contribution in [0, 0.1) is 11.9 Å². The maximum absolute atomic E-state index is 12.3. The summed E-state index contributed by atoms with van der Waals surface area (Å²) in [5.41, 5.74) is 0. The Morgan fingerprint density at radius 1 is 1.42 bits per heavy atom. The molecule has 0 amide bonds. The molecule has 0 fully saturated rings. The zero-order valence-corrected chi connectivity index (χ0v) is 6.48. The molecule has 1 rings (SSSR count). The molecule has 66 valence electrons. The van der Waals surface area contributed by atoms with Gasteiger partial charge in [0.15, 0.2) is 0 Å². The Morgan fingerprint density at radius 3 is 2.33 bits per heavy atom. The summed E-state index contributed by atoms with van der Waals surface area (Å²) >= 11 is -2.44. The summed E-state index contributed by atoms with van der Waals surface area (Å²) in [6.45, 7) is 0. The zero-order valence-electron chi connectivity index (χ0n) is 5.66. The first-order chi connectivity index (χ1) is 5.58. The van der Waals surface area contributed by atoms with Crippen molar-refractivity contribution in [1.82, 2.24) is 9.97 Å². The van der Waals surface area contributed by atoms with Gasteiger partial charge in [-0.15, -0.1) is 0 Å². The van der Waals surface area contributed by atoms with Crippen LogP contribution < -0.4 is 0 Å². The number of halogens is 2. The predicted octanol–water partition coefficient (Wildman–Crippen LogP) is 0.134. The molecule has 0 aliphatic rings. The van der Waals surface area contributed by atoms with Gasteiger partial charge in [-0.3, -0.25) is 4.21 Å². The highest BCUT2D eigenvalue weighted by Gasteiger charge is 2.03. The van der Waals surface area contributed by atoms with Crippen molar-refractivity contribution in [2.75, 3.05) is 0 Å². The van der Waals surface area contributed by atoms with Gasteiger partial charge in [0.25, 0.3) is 0 Å². The van der Waals surface area contributed by atoms with Gasteiger partial charge in [0.1, 0.15) is 5.82 Å². The van der Waals surface area contributed by atoms with Crippen molar-refractivity contribution in [2.45, 2.75) is 5.75 Å². The van der Waals surface area contributed by atoms with Crippen LogP contribution >= 0.6 is 0 Å². The molecule has 0 saturated carbocycles. The molecule has 1 unspecified atom stereocenters. The van der Waals surface area contributed by atoms with Crippen molar-refractivity contribution < 1.29 is 17.5 Å². The van der Waals surface area contributed by atoms with E-state index in [0.29, 0.717) is 6.07 Å². The molecule has 1 heterocycles. The summed E-state index contributed by atoms with van der Waals surface area (Å²) in [6, 6.07) is 0.469. The van der Waals surface area contributed by atoms with E-state index in [0.717, 1.165) is 0 Å². The lowest BCUT2D eigenvalue weighted by Gasteiger charge is -2.02. The smallest absolute Gasteiger partial charge is 0.219 e. The van der Waals surface area contributed by atoms with E-state index in [1.807, 2.05) is 0 Å². The van der Waals surface area contributed by atoms with Crippen LogP contribution in [0.2, 0.25) is 0 Å². The van der Waals surface area contributed by atoms with E-state index in [9.17, 15) is 17.5 Å². The second kappa shape index (κ2) is 3.63. The van der Waals surface area contributed by atoms with Crippen molar-refractivity contribution in [3.05, 3.63) is 23.8 Å². The first-order valence-electron chi connectivity index (χ1n) is 2.83. The average Bonchev–Trinajstić information content (AvgIpc) is 1.81. The molecule has 0 aromatic carbocycles. The van der Waals surface area contributed by atoms with Crippen LogP contribution in [-0.2, 0) is 16.8 Å². The van der Waals surface area contributed by atoms with E-state index >= 15 is 0 Å². The van der Waals surface area contributed by atoms with Crippen molar-refractivity contribution in [1.29, 1.82) is 0 Å². The second-order valence-electron chi connectivity index (χ2n) is 1.88. The van der Waals surface area contributed by atoms with Crippen LogP contribution in [0.1, 0.15) is 5.82 Å². The maximum atomic E-state index is 12.3. The number of aromatic nitrogens is 2. The van der Waals surface area contributed by atoms with Crippen LogP contribution in [0.4, 0.5) is 8.78 Å². The monoisotopic (exact) mass is 193 g/mol. The minimum atomic E-state index is -2.44. The average molecular weight is 193 g/mol. The van der Waals surface area contributed by atoms with Gasteiger partial charge in [0.2, 0.25) is 11.9 Å². The first-order valence-corrected chi connectivity index (χ1v) is 4.07. The van der Waals surface area contributed by atoms with Crippen molar-refractivity contribution in [3.8, 4) is 0 Å². The maximum Gasteiger partial charge on any atom is 0.219 e. The molecule has 1 aromatic heterocycles. The van der Waals surface area contributed by atoms with Crippen LogP contribution in [0.3, 0.4) is 0 Å². The summed E-state index contributed by atoms with van der Waals surface area (Å²) in [7, 11) is 0. The van der Waals surface area contributed by atoms with Gasteiger partial charge in [0, 0.05) is 6.07 Å².